The Morgan fingerprint density at radius 1 is 1.42 bits per heavy atom. The molecule has 1 aromatic carbocycles. The van der Waals surface area contributed by atoms with E-state index in [0.29, 0.717) is 5.96 Å². The lowest BCUT2D eigenvalue weighted by Crippen LogP contribution is -2.65. The van der Waals surface area contributed by atoms with E-state index in [1.807, 2.05) is 6.07 Å². The van der Waals surface area contributed by atoms with Crippen molar-refractivity contribution in [1.29, 1.82) is 5.41 Å². The SMILES string of the molecule is COC(=O)C(Cc1ccccc1)NP(=O)(C=N)OCC1OC(N2C(=O)NC(=O)C(C)(C)C2C)CC1N=[N+]=[N-]. The number of ether oxygens (including phenoxy) is 2. The lowest BCUT2D eigenvalue weighted by molar-refractivity contribution is -0.142. The summed E-state index contributed by atoms with van der Waals surface area (Å²) in [6, 6.07) is 5.95. The van der Waals surface area contributed by atoms with Crippen molar-refractivity contribution in [2.75, 3.05) is 13.7 Å². The summed E-state index contributed by atoms with van der Waals surface area (Å²) in [6.45, 7) is 4.75. The first kappa shape index (κ1) is 29.3. The molecule has 15 heteroatoms. The van der Waals surface area contributed by atoms with Gasteiger partial charge in [-0.2, -0.15) is 0 Å². The second-order valence-electron chi connectivity index (χ2n) is 9.62. The highest BCUT2D eigenvalue weighted by molar-refractivity contribution is 7.72. The van der Waals surface area contributed by atoms with E-state index in [2.05, 4.69) is 20.4 Å². The molecule has 2 fully saturated rings. The molecular weight excluding hydrogens is 517 g/mol. The van der Waals surface area contributed by atoms with Gasteiger partial charge in [0.25, 0.3) is 0 Å². The van der Waals surface area contributed by atoms with Crippen LogP contribution in [0.2, 0.25) is 0 Å². The third-order valence-corrected chi connectivity index (χ3v) is 8.47. The first-order chi connectivity index (χ1) is 18.0. The van der Waals surface area contributed by atoms with Gasteiger partial charge in [0.15, 0.2) is 0 Å². The molecule has 0 aliphatic carbocycles. The maximum absolute atomic E-state index is 13.4. The molecule has 6 unspecified atom stereocenters. The van der Waals surface area contributed by atoms with Crippen LogP contribution in [0.15, 0.2) is 35.4 Å². The summed E-state index contributed by atoms with van der Waals surface area (Å²) < 4.78 is 29.8. The molecule has 1 aromatic rings. The molecule has 38 heavy (non-hydrogen) atoms. The van der Waals surface area contributed by atoms with Crippen molar-refractivity contribution in [2.45, 2.75) is 64.1 Å². The van der Waals surface area contributed by atoms with E-state index >= 15 is 0 Å². The zero-order valence-electron chi connectivity index (χ0n) is 21.6. The lowest BCUT2D eigenvalue weighted by atomic mass is 9.81. The van der Waals surface area contributed by atoms with Crippen molar-refractivity contribution in [3.8, 4) is 0 Å². The molecule has 2 heterocycles. The maximum Gasteiger partial charge on any atom is 0.326 e. The fourth-order valence-corrected chi connectivity index (χ4v) is 5.55. The van der Waals surface area contributed by atoms with E-state index in [4.69, 9.17) is 24.9 Å². The van der Waals surface area contributed by atoms with Gasteiger partial charge in [0.1, 0.15) is 12.3 Å². The topological polar surface area (TPSA) is 196 Å². The molecule has 2 aliphatic heterocycles. The molecule has 0 saturated carbocycles. The van der Waals surface area contributed by atoms with Crippen LogP contribution in [-0.4, -0.2) is 72.9 Å². The van der Waals surface area contributed by atoms with E-state index in [-0.39, 0.29) is 19.4 Å². The van der Waals surface area contributed by atoms with Crippen molar-refractivity contribution < 1.29 is 32.9 Å². The van der Waals surface area contributed by atoms with Crippen LogP contribution in [0.4, 0.5) is 4.79 Å². The van der Waals surface area contributed by atoms with Crippen LogP contribution in [0.5, 0.6) is 0 Å². The number of imide groups is 1. The molecule has 6 atom stereocenters. The van der Waals surface area contributed by atoms with Crippen molar-refractivity contribution in [3.05, 3.63) is 46.3 Å². The highest BCUT2D eigenvalue weighted by atomic mass is 31.2. The predicted octanol–water partition coefficient (Wildman–Crippen LogP) is 2.94. The maximum atomic E-state index is 13.4. The number of nitrogens with one attached hydrogen (secondary N) is 3. The molecular formula is C23H32N7O7P. The van der Waals surface area contributed by atoms with Crippen molar-refractivity contribution in [1.82, 2.24) is 15.3 Å². The molecule has 14 nitrogen and oxygen atoms in total. The van der Waals surface area contributed by atoms with E-state index < -0.39 is 61.3 Å². The average Bonchev–Trinajstić information content (AvgIpc) is 3.28. The Hall–Kier alpha value is -3.28. The summed E-state index contributed by atoms with van der Waals surface area (Å²) in [5.74, 6) is -0.521. The van der Waals surface area contributed by atoms with E-state index in [1.165, 1.54) is 12.0 Å². The number of hydrogen-bond donors (Lipinski definition) is 3. The van der Waals surface area contributed by atoms with Crippen molar-refractivity contribution in [3.63, 3.8) is 0 Å². The van der Waals surface area contributed by atoms with Crippen molar-refractivity contribution in [2.24, 2.45) is 10.5 Å². The summed E-state index contributed by atoms with van der Waals surface area (Å²) in [6.07, 6.45) is -1.53. The van der Waals surface area contributed by atoms with Crippen LogP contribution >= 0.6 is 7.52 Å². The van der Waals surface area contributed by atoms with Crippen LogP contribution in [0, 0.1) is 10.8 Å². The summed E-state index contributed by atoms with van der Waals surface area (Å²) in [7, 11) is -2.83. The van der Waals surface area contributed by atoms with Gasteiger partial charge in [-0.3, -0.25) is 24.4 Å². The van der Waals surface area contributed by atoms with Crippen LogP contribution in [-0.2, 0) is 34.6 Å². The number of benzene rings is 1. The van der Waals surface area contributed by atoms with Gasteiger partial charge in [0, 0.05) is 17.4 Å². The van der Waals surface area contributed by atoms with Gasteiger partial charge < -0.3 is 19.4 Å². The molecule has 0 aromatic heterocycles. The first-order valence-electron chi connectivity index (χ1n) is 11.9. The summed E-state index contributed by atoms with van der Waals surface area (Å²) >= 11 is 0. The fraction of sp³-hybridized carbons (Fsp3) is 0.565. The normalized spacial score (nSPS) is 27.0. The zero-order chi connectivity index (χ0) is 28.1. The standard InChI is InChI=1S/C23H32N7O7P/c1-14-23(2,3)21(32)26-22(33)30(14)19-11-16(27-29-25)18(37-19)12-36-38(34,13-24)28-17(20(31)35-4)10-15-8-6-5-7-9-15/h5-9,13-14,16-19,24H,10-12H2,1-4H3,(H,28,34)(H,26,32,33). The quantitative estimate of drug-likeness (QED) is 0.0935. The number of urea groups is 1. The van der Waals surface area contributed by atoms with E-state index in [9.17, 15) is 18.9 Å². The summed E-state index contributed by atoms with van der Waals surface area (Å²) in [5.41, 5.74) is 8.92. The van der Waals surface area contributed by atoms with Crippen LogP contribution in [0.3, 0.4) is 0 Å². The Morgan fingerprint density at radius 3 is 2.71 bits per heavy atom. The summed E-state index contributed by atoms with van der Waals surface area (Å²) in [4.78, 5) is 41.5. The largest absolute Gasteiger partial charge is 0.468 e. The van der Waals surface area contributed by atoms with Gasteiger partial charge in [0.2, 0.25) is 5.91 Å². The Balaban J connectivity index is 1.74. The second-order valence-corrected chi connectivity index (χ2v) is 11.6. The van der Waals surface area contributed by atoms with Crippen LogP contribution in [0.25, 0.3) is 10.4 Å². The van der Waals surface area contributed by atoms with E-state index in [1.54, 1.807) is 45.0 Å². The molecule has 2 aliphatic rings. The number of azide groups is 1. The molecule has 0 spiro atoms. The highest BCUT2D eigenvalue weighted by Crippen LogP contribution is 2.42. The molecule has 0 radical (unpaired) electrons. The number of rotatable bonds is 11. The predicted molar refractivity (Wildman–Crippen MR) is 136 cm³/mol. The molecule has 2 saturated heterocycles. The molecule has 206 valence electrons. The second kappa shape index (κ2) is 12.1. The number of amides is 3. The molecule has 0 bridgehead atoms. The third kappa shape index (κ3) is 6.40. The summed E-state index contributed by atoms with van der Waals surface area (Å²) in [5, 5.41) is 16.4. The fourth-order valence-electron chi connectivity index (χ4n) is 4.33. The third-order valence-electron chi connectivity index (χ3n) is 6.92. The Morgan fingerprint density at radius 2 is 2.11 bits per heavy atom. The van der Waals surface area contributed by atoms with Crippen LogP contribution < -0.4 is 10.4 Å². The number of carbonyl (C=O) groups is 3. The molecule has 3 rings (SSSR count). The number of esters is 1. The van der Waals surface area contributed by atoms with Gasteiger partial charge in [-0.15, -0.1) is 0 Å². The minimum Gasteiger partial charge on any atom is -0.468 e. The smallest absolute Gasteiger partial charge is 0.326 e. The van der Waals surface area contributed by atoms with Gasteiger partial charge in [-0.05, 0) is 38.3 Å². The van der Waals surface area contributed by atoms with Gasteiger partial charge in [-0.25, -0.2) is 9.88 Å². The Labute approximate surface area is 220 Å². The zero-order valence-corrected chi connectivity index (χ0v) is 22.5. The average molecular weight is 550 g/mol. The van der Waals surface area contributed by atoms with Crippen molar-refractivity contribution >= 4 is 31.4 Å². The van der Waals surface area contributed by atoms with Gasteiger partial charge >= 0.3 is 19.5 Å². The van der Waals surface area contributed by atoms with Gasteiger partial charge in [0.05, 0.1) is 37.2 Å². The monoisotopic (exact) mass is 549 g/mol. The minimum absolute atomic E-state index is 0.112. The first-order valence-corrected chi connectivity index (χ1v) is 13.6. The number of methoxy groups -OCH3 is 1. The van der Waals surface area contributed by atoms with Crippen LogP contribution in [0.1, 0.15) is 32.8 Å². The Bertz CT molecular complexity index is 1160. The molecule has 3 N–H and O–H groups in total. The Kier molecular flexibility index (Phi) is 9.29. The number of carbonyl (C=O) groups excluding carboxylic acids is 3. The van der Waals surface area contributed by atoms with Gasteiger partial charge in [-0.1, -0.05) is 35.4 Å². The lowest BCUT2D eigenvalue weighted by Gasteiger charge is -2.45. The number of hydrogen-bond acceptors (Lipinski definition) is 9. The minimum atomic E-state index is -4.03. The highest BCUT2D eigenvalue weighted by Gasteiger charge is 2.50. The number of nitrogens with zero attached hydrogens (tertiary/aromatic N) is 4. The van der Waals surface area contributed by atoms with E-state index in [0.717, 1.165) is 5.56 Å². The molecule has 3 amide bonds.